The van der Waals surface area contributed by atoms with Crippen molar-refractivity contribution in [2.75, 3.05) is 25.5 Å². The number of anilines is 1. The molecule has 176 valence electrons. The van der Waals surface area contributed by atoms with Crippen LogP contribution in [0.5, 0.6) is 5.75 Å². The minimum atomic E-state index is -0.543. The topological polar surface area (TPSA) is 76.5 Å². The number of nitrogens with zero attached hydrogens (tertiary/aromatic N) is 3. The van der Waals surface area contributed by atoms with Crippen molar-refractivity contribution in [3.8, 4) is 11.4 Å². The van der Waals surface area contributed by atoms with E-state index in [-0.39, 0.29) is 23.8 Å². The van der Waals surface area contributed by atoms with Gasteiger partial charge >= 0.3 is 0 Å². The van der Waals surface area contributed by atoms with Gasteiger partial charge in [0.25, 0.3) is 0 Å². The van der Waals surface area contributed by atoms with Crippen LogP contribution in [0.1, 0.15) is 67.0 Å². The van der Waals surface area contributed by atoms with Crippen LogP contribution in [-0.2, 0) is 15.0 Å². The normalized spacial score (nSPS) is 11.9. The summed E-state index contributed by atoms with van der Waals surface area (Å²) in [5.41, 5.74) is 0.938. The molecule has 0 bridgehead atoms. The Labute approximate surface area is 192 Å². The average molecular weight is 443 g/mol. The second kappa shape index (κ2) is 10.2. The van der Waals surface area contributed by atoms with Crippen molar-refractivity contribution in [3.63, 3.8) is 0 Å². The molecule has 1 N–H and O–H groups in total. The number of hydrogen-bond donors (Lipinski definition) is 1. The predicted octanol–water partition coefficient (Wildman–Crippen LogP) is 4.79. The average Bonchev–Trinajstić information content (AvgIpc) is 3.14. The van der Waals surface area contributed by atoms with E-state index in [1.54, 1.807) is 16.7 Å². The highest BCUT2D eigenvalue weighted by Crippen LogP contribution is 2.27. The van der Waals surface area contributed by atoms with E-state index in [1.807, 2.05) is 51.1 Å². The first kappa shape index (κ1) is 25.4. The first-order valence-electron chi connectivity index (χ1n) is 11.2. The number of carbonyl (C=O) groups is 2. The first-order valence-corrected chi connectivity index (χ1v) is 11.2. The molecule has 0 saturated carbocycles. The third-order valence-corrected chi connectivity index (χ3v) is 5.11. The van der Waals surface area contributed by atoms with Gasteiger partial charge in [0.15, 0.2) is 0 Å². The van der Waals surface area contributed by atoms with Crippen molar-refractivity contribution >= 4 is 17.6 Å². The SMILES string of the molecule is CCCCN(CC(=O)Nc1cc(C(C)(C)C)nn1-c1ccc(OC)cc1)C(=O)C(C)(C)C. The molecule has 0 aliphatic rings. The van der Waals surface area contributed by atoms with Crippen molar-refractivity contribution in [2.24, 2.45) is 5.41 Å². The van der Waals surface area contributed by atoms with E-state index in [0.717, 1.165) is 30.0 Å². The number of carbonyl (C=O) groups excluding carboxylic acids is 2. The number of unbranched alkanes of at least 4 members (excludes halogenated alkanes) is 1. The quantitative estimate of drug-likeness (QED) is 0.638. The van der Waals surface area contributed by atoms with Gasteiger partial charge in [0.05, 0.1) is 25.0 Å². The molecule has 0 atom stereocenters. The number of rotatable bonds is 8. The van der Waals surface area contributed by atoms with Crippen molar-refractivity contribution < 1.29 is 14.3 Å². The van der Waals surface area contributed by atoms with Crippen molar-refractivity contribution in [3.05, 3.63) is 36.0 Å². The third-order valence-electron chi connectivity index (χ3n) is 5.11. The molecule has 0 fully saturated rings. The summed E-state index contributed by atoms with van der Waals surface area (Å²) in [5, 5.41) is 7.72. The van der Waals surface area contributed by atoms with Gasteiger partial charge in [0, 0.05) is 23.4 Å². The van der Waals surface area contributed by atoms with Gasteiger partial charge in [-0.2, -0.15) is 5.10 Å². The van der Waals surface area contributed by atoms with E-state index in [2.05, 4.69) is 33.0 Å². The zero-order valence-electron chi connectivity index (χ0n) is 20.8. The molecule has 1 aromatic heterocycles. The highest BCUT2D eigenvalue weighted by Gasteiger charge is 2.29. The second-order valence-electron chi connectivity index (χ2n) is 10.2. The molecule has 1 aromatic carbocycles. The summed E-state index contributed by atoms with van der Waals surface area (Å²) in [5.74, 6) is 1.05. The molecule has 0 aliphatic heterocycles. The van der Waals surface area contributed by atoms with Crippen LogP contribution in [0.4, 0.5) is 5.82 Å². The molecule has 32 heavy (non-hydrogen) atoms. The first-order chi connectivity index (χ1) is 14.9. The summed E-state index contributed by atoms with van der Waals surface area (Å²) < 4.78 is 6.97. The molecule has 7 nitrogen and oxygen atoms in total. The fraction of sp³-hybridized carbons (Fsp3) is 0.560. The lowest BCUT2D eigenvalue weighted by molar-refractivity contribution is -0.141. The van der Waals surface area contributed by atoms with Crippen LogP contribution in [0.15, 0.2) is 30.3 Å². The van der Waals surface area contributed by atoms with Gasteiger partial charge in [-0.25, -0.2) is 4.68 Å². The van der Waals surface area contributed by atoms with Gasteiger partial charge in [-0.3, -0.25) is 9.59 Å². The summed E-state index contributed by atoms with van der Waals surface area (Å²) >= 11 is 0. The summed E-state index contributed by atoms with van der Waals surface area (Å²) in [4.78, 5) is 27.5. The predicted molar refractivity (Wildman–Crippen MR) is 128 cm³/mol. The lowest BCUT2D eigenvalue weighted by Gasteiger charge is -2.29. The monoisotopic (exact) mass is 442 g/mol. The summed E-state index contributed by atoms with van der Waals surface area (Å²) in [6.07, 6.45) is 1.81. The number of amides is 2. The maximum absolute atomic E-state index is 13.0. The molecular weight excluding hydrogens is 404 g/mol. The number of benzene rings is 1. The Balaban J connectivity index is 2.31. The summed E-state index contributed by atoms with van der Waals surface area (Å²) in [6.45, 7) is 14.5. The maximum atomic E-state index is 13.0. The van der Waals surface area contributed by atoms with E-state index in [1.165, 1.54) is 0 Å². The highest BCUT2D eigenvalue weighted by molar-refractivity contribution is 5.95. The molecule has 7 heteroatoms. The minimum absolute atomic E-state index is 0.00868. The van der Waals surface area contributed by atoms with Crippen LogP contribution in [0, 0.1) is 5.41 Å². The molecule has 0 unspecified atom stereocenters. The number of hydrogen-bond acceptors (Lipinski definition) is 4. The fourth-order valence-corrected chi connectivity index (χ4v) is 3.19. The lowest BCUT2D eigenvalue weighted by Crippen LogP contribution is -2.44. The van der Waals surface area contributed by atoms with Crippen LogP contribution in [0.25, 0.3) is 5.69 Å². The zero-order valence-corrected chi connectivity index (χ0v) is 20.8. The van der Waals surface area contributed by atoms with E-state index in [4.69, 9.17) is 9.84 Å². The molecule has 2 amide bonds. The zero-order chi connectivity index (χ0) is 24.1. The number of ether oxygens (including phenoxy) is 1. The van der Waals surface area contributed by atoms with Crippen LogP contribution in [0.2, 0.25) is 0 Å². The van der Waals surface area contributed by atoms with E-state index in [0.29, 0.717) is 12.4 Å². The number of nitrogens with one attached hydrogen (secondary N) is 1. The smallest absolute Gasteiger partial charge is 0.245 e. The molecule has 0 spiro atoms. The summed E-state index contributed by atoms with van der Waals surface area (Å²) in [6, 6.07) is 9.39. The van der Waals surface area contributed by atoms with Gasteiger partial charge < -0.3 is 15.0 Å². The Morgan fingerprint density at radius 2 is 1.72 bits per heavy atom. The van der Waals surface area contributed by atoms with Crippen molar-refractivity contribution in [1.82, 2.24) is 14.7 Å². The fourth-order valence-electron chi connectivity index (χ4n) is 3.19. The third kappa shape index (κ3) is 6.58. The molecule has 0 aliphatic carbocycles. The van der Waals surface area contributed by atoms with Gasteiger partial charge in [-0.05, 0) is 30.7 Å². The Hall–Kier alpha value is -2.83. The van der Waals surface area contributed by atoms with E-state index in [9.17, 15) is 9.59 Å². The van der Waals surface area contributed by atoms with Gasteiger partial charge in [0.2, 0.25) is 11.8 Å². The van der Waals surface area contributed by atoms with Crippen molar-refractivity contribution in [1.29, 1.82) is 0 Å². The van der Waals surface area contributed by atoms with Gasteiger partial charge in [0.1, 0.15) is 11.6 Å². The van der Waals surface area contributed by atoms with E-state index < -0.39 is 5.41 Å². The molecule has 2 aromatic rings. The number of aromatic nitrogens is 2. The van der Waals surface area contributed by atoms with Crippen LogP contribution in [0.3, 0.4) is 0 Å². The Bertz CT molecular complexity index is 918. The standard InChI is InChI=1S/C25H38N4O3/c1-9-10-15-28(23(31)25(5,6)7)17-22(30)26-21-16-20(24(2,3)4)27-29(21)18-11-13-19(32-8)14-12-18/h11-14,16H,9-10,15,17H2,1-8H3,(H,26,30). The van der Waals surface area contributed by atoms with Crippen molar-refractivity contribution in [2.45, 2.75) is 66.7 Å². The molecule has 0 radical (unpaired) electrons. The Kier molecular flexibility index (Phi) is 8.10. The van der Waals surface area contributed by atoms with Crippen LogP contribution in [-0.4, -0.2) is 46.7 Å². The molecule has 0 saturated heterocycles. The lowest BCUT2D eigenvalue weighted by atomic mass is 9.92. The second-order valence-corrected chi connectivity index (χ2v) is 10.2. The number of methoxy groups -OCH3 is 1. The van der Waals surface area contributed by atoms with Crippen LogP contribution >= 0.6 is 0 Å². The molecule has 1 heterocycles. The Morgan fingerprint density at radius 3 is 2.22 bits per heavy atom. The minimum Gasteiger partial charge on any atom is -0.497 e. The van der Waals surface area contributed by atoms with E-state index >= 15 is 0 Å². The largest absolute Gasteiger partial charge is 0.497 e. The molecular formula is C25H38N4O3. The highest BCUT2D eigenvalue weighted by atomic mass is 16.5. The van der Waals surface area contributed by atoms with Crippen LogP contribution < -0.4 is 10.1 Å². The molecule has 2 rings (SSSR count). The summed E-state index contributed by atoms with van der Waals surface area (Å²) in [7, 11) is 1.62. The van der Waals surface area contributed by atoms with Gasteiger partial charge in [-0.1, -0.05) is 54.9 Å². The Morgan fingerprint density at radius 1 is 1.09 bits per heavy atom. The van der Waals surface area contributed by atoms with Gasteiger partial charge in [-0.15, -0.1) is 0 Å². The maximum Gasteiger partial charge on any atom is 0.245 e.